The van der Waals surface area contributed by atoms with Gasteiger partial charge in [-0.05, 0) is 47.2 Å². The number of phenols is 1. The Morgan fingerprint density at radius 1 is 1.25 bits per heavy atom. The summed E-state index contributed by atoms with van der Waals surface area (Å²) in [6.45, 7) is 0.131. The van der Waals surface area contributed by atoms with Crippen molar-refractivity contribution >= 4 is 40.6 Å². The molecule has 1 saturated heterocycles. The molecule has 9 heteroatoms. The standard InChI is InChI=1S/C19H14ClNO6S/c1-25-14-4-10(2-3-13(14)22)5-17-18(23)21(19(24)28-17)8-11-6-15-16(7-12(11)20)27-9-26-15/h2-7,22H,8-9H2,1H3/b17-5-. The van der Waals surface area contributed by atoms with E-state index in [9.17, 15) is 14.7 Å². The van der Waals surface area contributed by atoms with Gasteiger partial charge in [-0.15, -0.1) is 0 Å². The number of hydrogen-bond donors (Lipinski definition) is 1. The van der Waals surface area contributed by atoms with Gasteiger partial charge >= 0.3 is 0 Å². The van der Waals surface area contributed by atoms with E-state index < -0.39 is 11.1 Å². The Kier molecular flexibility index (Phi) is 4.82. The highest BCUT2D eigenvalue weighted by Gasteiger charge is 2.35. The summed E-state index contributed by atoms with van der Waals surface area (Å²) in [5.41, 5.74) is 1.21. The molecule has 2 aliphatic rings. The van der Waals surface area contributed by atoms with Gasteiger partial charge in [0, 0.05) is 11.1 Å². The molecule has 2 heterocycles. The lowest BCUT2D eigenvalue weighted by atomic mass is 10.1. The van der Waals surface area contributed by atoms with Crippen molar-refractivity contribution in [2.24, 2.45) is 0 Å². The molecule has 0 aliphatic carbocycles. The average molecular weight is 420 g/mol. The molecule has 1 fully saturated rings. The smallest absolute Gasteiger partial charge is 0.293 e. The first-order valence-electron chi connectivity index (χ1n) is 8.16. The Balaban J connectivity index is 1.58. The number of methoxy groups -OCH3 is 1. The van der Waals surface area contributed by atoms with Crippen LogP contribution in [0, 0.1) is 0 Å². The number of phenolic OH excluding ortho intramolecular Hbond substituents is 1. The van der Waals surface area contributed by atoms with Crippen LogP contribution in [0.15, 0.2) is 35.2 Å². The van der Waals surface area contributed by atoms with E-state index >= 15 is 0 Å². The van der Waals surface area contributed by atoms with Crippen molar-refractivity contribution in [1.29, 1.82) is 0 Å². The van der Waals surface area contributed by atoms with Crippen molar-refractivity contribution in [2.45, 2.75) is 6.54 Å². The topological polar surface area (TPSA) is 85.3 Å². The van der Waals surface area contributed by atoms with Crippen LogP contribution in [0.3, 0.4) is 0 Å². The van der Waals surface area contributed by atoms with E-state index in [0.29, 0.717) is 27.6 Å². The predicted molar refractivity (Wildman–Crippen MR) is 104 cm³/mol. The maximum absolute atomic E-state index is 12.7. The third kappa shape index (κ3) is 3.36. The summed E-state index contributed by atoms with van der Waals surface area (Å²) in [7, 11) is 1.43. The molecule has 2 aromatic carbocycles. The number of carbonyl (C=O) groups is 2. The van der Waals surface area contributed by atoms with E-state index in [-0.39, 0.29) is 29.7 Å². The van der Waals surface area contributed by atoms with Gasteiger partial charge in [0.25, 0.3) is 11.1 Å². The molecule has 144 valence electrons. The van der Waals surface area contributed by atoms with E-state index in [1.54, 1.807) is 30.3 Å². The molecule has 0 atom stereocenters. The van der Waals surface area contributed by atoms with E-state index in [1.807, 2.05) is 0 Å². The zero-order chi connectivity index (χ0) is 19.8. The number of amides is 2. The van der Waals surface area contributed by atoms with Crippen molar-refractivity contribution in [3.05, 3.63) is 51.4 Å². The van der Waals surface area contributed by atoms with Gasteiger partial charge in [-0.2, -0.15) is 0 Å². The first-order valence-corrected chi connectivity index (χ1v) is 9.36. The molecule has 7 nitrogen and oxygen atoms in total. The number of benzene rings is 2. The number of rotatable bonds is 4. The summed E-state index contributed by atoms with van der Waals surface area (Å²) < 4.78 is 15.7. The molecule has 2 aromatic rings. The lowest BCUT2D eigenvalue weighted by Crippen LogP contribution is -2.27. The van der Waals surface area contributed by atoms with Crippen LogP contribution in [0.4, 0.5) is 4.79 Å². The van der Waals surface area contributed by atoms with Crippen LogP contribution >= 0.6 is 23.4 Å². The second kappa shape index (κ2) is 7.29. The number of halogens is 1. The molecule has 4 rings (SSSR count). The maximum atomic E-state index is 12.7. The largest absolute Gasteiger partial charge is 0.504 e. The molecule has 0 spiro atoms. The third-order valence-corrected chi connectivity index (χ3v) is 5.50. The summed E-state index contributed by atoms with van der Waals surface area (Å²) in [4.78, 5) is 26.5. The van der Waals surface area contributed by atoms with Gasteiger partial charge in [0.1, 0.15) is 0 Å². The van der Waals surface area contributed by atoms with Crippen molar-refractivity contribution < 1.29 is 28.9 Å². The van der Waals surface area contributed by atoms with Gasteiger partial charge in [-0.1, -0.05) is 17.7 Å². The van der Waals surface area contributed by atoms with Crippen LogP contribution in [0.25, 0.3) is 6.08 Å². The number of nitrogens with zero attached hydrogens (tertiary/aromatic N) is 1. The van der Waals surface area contributed by atoms with Gasteiger partial charge in [-0.25, -0.2) is 0 Å². The van der Waals surface area contributed by atoms with Gasteiger partial charge in [0.05, 0.1) is 18.6 Å². The number of ether oxygens (including phenoxy) is 3. The Hall–Kier alpha value is -2.84. The number of thioether (sulfide) groups is 1. The van der Waals surface area contributed by atoms with Crippen LogP contribution in [0.1, 0.15) is 11.1 Å². The van der Waals surface area contributed by atoms with Crippen molar-refractivity contribution in [3.8, 4) is 23.0 Å². The number of hydrogen-bond acceptors (Lipinski definition) is 7. The number of fused-ring (bicyclic) bond motifs is 1. The van der Waals surface area contributed by atoms with Gasteiger partial charge in [-0.3, -0.25) is 14.5 Å². The summed E-state index contributed by atoms with van der Waals surface area (Å²) >= 11 is 7.09. The molecule has 2 amide bonds. The minimum atomic E-state index is -0.421. The van der Waals surface area contributed by atoms with Crippen LogP contribution in [0.5, 0.6) is 23.0 Å². The molecule has 0 radical (unpaired) electrons. The molecular weight excluding hydrogens is 406 g/mol. The van der Waals surface area contributed by atoms with Crippen molar-refractivity contribution in [2.75, 3.05) is 13.9 Å². The van der Waals surface area contributed by atoms with Crippen molar-refractivity contribution in [1.82, 2.24) is 4.90 Å². The summed E-state index contributed by atoms with van der Waals surface area (Å²) in [5, 5.41) is 9.67. The molecule has 28 heavy (non-hydrogen) atoms. The fourth-order valence-corrected chi connectivity index (χ4v) is 3.87. The fourth-order valence-electron chi connectivity index (χ4n) is 2.82. The summed E-state index contributed by atoms with van der Waals surface area (Å²) in [6.07, 6.45) is 1.58. The first-order chi connectivity index (χ1) is 13.5. The van der Waals surface area contributed by atoms with Crippen molar-refractivity contribution in [3.63, 3.8) is 0 Å². The molecule has 0 saturated carbocycles. The average Bonchev–Trinajstić information content (AvgIpc) is 3.22. The van der Waals surface area contributed by atoms with E-state index in [1.165, 1.54) is 13.2 Å². The molecule has 0 unspecified atom stereocenters. The van der Waals surface area contributed by atoms with Gasteiger partial charge in [0.2, 0.25) is 6.79 Å². The Labute approximate surface area is 169 Å². The number of imide groups is 1. The Morgan fingerprint density at radius 3 is 2.75 bits per heavy atom. The molecule has 0 bridgehead atoms. The van der Waals surface area contributed by atoms with Gasteiger partial charge < -0.3 is 19.3 Å². The zero-order valence-electron chi connectivity index (χ0n) is 14.6. The highest BCUT2D eigenvalue weighted by molar-refractivity contribution is 8.18. The normalized spacial score (nSPS) is 16.9. The zero-order valence-corrected chi connectivity index (χ0v) is 16.2. The SMILES string of the molecule is COc1cc(/C=C2\SC(=O)N(Cc3cc4c(cc3Cl)OCO4)C2=O)ccc1O. The predicted octanol–water partition coefficient (Wildman–Crippen LogP) is 4.02. The van der Waals surface area contributed by atoms with Crippen LogP contribution in [-0.2, 0) is 11.3 Å². The minimum Gasteiger partial charge on any atom is -0.504 e. The summed E-state index contributed by atoms with van der Waals surface area (Å²) in [5.74, 6) is 0.906. The first kappa shape index (κ1) is 18.5. The van der Waals surface area contributed by atoms with E-state index in [0.717, 1.165) is 16.7 Å². The number of aromatic hydroxyl groups is 1. The summed E-state index contributed by atoms with van der Waals surface area (Å²) in [6, 6.07) is 7.94. The number of carbonyl (C=O) groups excluding carboxylic acids is 2. The monoisotopic (exact) mass is 419 g/mol. The second-order valence-electron chi connectivity index (χ2n) is 6.00. The van der Waals surface area contributed by atoms with E-state index in [2.05, 4.69) is 0 Å². The second-order valence-corrected chi connectivity index (χ2v) is 7.40. The highest BCUT2D eigenvalue weighted by Crippen LogP contribution is 2.39. The fraction of sp³-hybridized carbons (Fsp3) is 0.158. The molecule has 1 N–H and O–H groups in total. The Bertz CT molecular complexity index is 1020. The maximum Gasteiger partial charge on any atom is 0.293 e. The lowest BCUT2D eigenvalue weighted by molar-refractivity contribution is -0.123. The minimum absolute atomic E-state index is 0.00907. The third-order valence-electron chi connectivity index (χ3n) is 4.25. The lowest BCUT2D eigenvalue weighted by Gasteiger charge is -2.14. The van der Waals surface area contributed by atoms with Gasteiger partial charge in [0.15, 0.2) is 23.0 Å². The molecule has 2 aliphatic heterocycles. The van der Waals surface area contributed by atoms with E-state index in [4.69, 9.17) is 25.8 Å². The molecule has 0 aromatic heterocycles. The Morgan fingerprint density at radius 2 is 2.00 bits per heavy atom. The van der Waals surface area contributed by atoms with Crippen LogP contribution in [0.2, 0.25) is 5.02 Å². The molecular formula is C19H14ClNO6S. The quantitative estimate of drug-likeness (QED) is 0.749. The van der Waals surface area contributed by atoms with Crippen LogP contribution in [-0.4, -0.2) is 35.1 Å². The van der Waals surface area contributed by atoms with Crippen LogP contribution < -0.4 is 14.2 Å². The highest BCUT2D eigenvalue weighted by atomic mass is 35.5.